The lowest BCUT2D eigenvalue weighted by atomic mass is 9.85. The number of amides is 1. The van der Waals surface area contributed by atoms with Crippen LogP contribution in [-0.2, 0) is 27.8 Å². The average Bonchev–Trinajstić information content (AvgIpc) is 3.61. The first kappa shape index (κ1) is 24.9. The molecule has 0 radical (unpaired) electrons. The molecule has 10 nitrogen and oxygen atoms in total. The molecule has 3 heterocycles. The average molecular weight is 544 g/mol. The lowest BCUT2D eigenvalue weighted by molar-refractivity contribution is -0.147. The number of hydrogen-bond donors (Lipinski definition) is 2. The number of aromatic amines is 1. The molecule has 2 N–H and O–H groups in total. The van der Waals surface area contributed by atoms with Gasteiger partial charge < -0.3 is 19.6 Å². The number of rotatable bonds is 9. The van der Waals surface area contributed by atoms with E-state index >= 15 is 0 Å². The van der Waals surface area contributed by atoms with E-state index < -0.39 is 0 Å². The Bertz CT molecular complexity index is 1230. The first-order valence-corrected chi connectivity index (χ1v) is 12.6. The van der Waals surface area contributed by atoms with Crippen LogP contribution in [0.25, 0.3) is 11.0 Å². The van der Waals surface area contributed by atoms with Crippen molar-refractivity contribution in [2.75, 3.05) is 25.0 Å². The van der Waals surface area contributed by atoms with Crippen LogP contribution in [0.3, 0.4) is 0 Å². The summed E-state index contributed by atoms with van der Waals surface area (Å²) in [6.07, 6.45) is 6.65. The highest BCUT2D eigenvalue weighted by molar-refractivity contribution is 9.10. The molecule has 0 spiro atoms. The second-order valence-corrected chi connectivity index (χ2v) is 9.35. The maximum atomic E-state index is 13.8. The zero-order valence-corrected chi connectivity index (χ0v) is 21.7. The lowest BCUT2D eigenvalue weighted by Gasteiger charge is -2.30. The van der Waals surface area contributed by atoms with Crippen LogP contribution in [0.5, 0.6) is 0 Å². The van der Waals surface area contributed by atoms with E-state index in [0.717, 1.165) is 26.9 Å². The van der Waals surface area contributed by atoms with Crippen LogP contribution in [0.4, 0.5) is 5.69 Å². The predicted molar refractivity (Wildman–Crippen MR) is 137 cm³/mol. The van der Waals surface area contributed by atoms with E-state index in [4.69, 9.17) is 4.74 Å². The SMILES string of the molecule is CCC(=O)OC[C@H](Cc1cncn1C)[C@H](CC)C(=O)N1CCN=C1Nc1ccc2[nH]cnc2c1Br. The number of guanidine groups is 1. The van der Waals surface area contributed by atoms with E-state index in [1.54, 1.807) is 30.7 Å². The van der Waals surface area contributed by atoms with Crippen LogP contribution < -0.4 is 5.32 Å². The highest BCUT2D eigenvalue weighted by Crippen LogP contribution is 2.31. The number of fused-ring (bicyclic) bond motifs is 1. The minimum absolute atomic E-state index is 0.0343. The number of nitrogens with zero attached hydrogens (tertiary/aromatic N) is 5. The second kappa shape index (κ2) is 11.0. The van der Waals surface area contributed by atoms with Crippen molar-refractivity contribution < 1.29 is 14.3 Å². The number of aliphatic imine (C=N–C) groups is 1. The predicted octanol–water partition coefficient (Wildman–Crippen LogP) is 3.51. The Morgan fingerprint density at radius 3 is 2.86 bits per heavy atom. The monoisotopic (exact) mass is 543 g/mol. The van der Waals surface area contributed by atoms with Gasteiger partial charge in [0, 0.05) is 43.7 Å². The van der Waals surface area contributed by atoms with Crippen molar-refractivity contribution in [3.63, 3.8) is 0 Å². The smallest absolute Gasteiger partial charge is 0.305 e. The van der Waals surface area contributed by atoms with E-state index in [9.17, 15) is 9.59 Å². The third kappa shape index (κ3) is 5.39. The molecule has 0 saturated carbocycles. The summed E-state index contributed by atoms with van der Waals surface area (Å²) in [7, 11) is 1.92. The molecule has 1 amide bonds. The lowest BCUT2D eigenvalue weighted by Crippen LogP contribution is -2.45. The van der Waals surface area contributed by atoms with E-state index in [1.165, 1.54) is 0 Å². The van der Waals surface area contributed by atoms with Gasteiger partial charge in [0.1, 0.15) is 5.52 Å². The van der Waals surface area contributed by atoms with Gasteiger partial charge in [0.25, 0.3) is 0 Å². The standard InChI is InChI=1S/C24H30BrN7O3/c1-4-17(15(12-35-20(33)5-2)10-16-11-26-14-31(16)3)23(34)32-9-8-27-24(32)30-18-6-7-19-22(21(18)25)29-13-28-19/h6-7,11,13-15,17H,4-5,8-10,12H2,1-3H3,(H,27,30)(H,28,29)/t15-,17-/m0/s1. The first-order valence-electron chi connectivity index (χ1n) is 11.8. The van der Waals surface area contributed by atoms with Crippen molar-refractivity contribution in [3.05, 3.63) is 41.2 Å². The molecule has 35 heavy (non-hydrogen) atoms. The topological polar surface area (TPSA) is 117 Å². The quantitative estimate of drug-likeness (QED) is 0.399. The summed E-state index contributed by atoms with van der Waals surface area (Å²) >= 11 is 3.61. The number of H-pyrrole nitrogens is 1. The molecular formula is C24H30BrN7O3. The summed E-state index contributed by atoms with van der Waals surface area (Å²) in [5.41, 5.74) is 3.47. The molecule has 0 unspecified atom stereocenters. The summed E-state index contributed by atoms with van der Waals surface area (Å²) in [6, 6.07) is 3.85. The van der Waals surface area contributed by atoms with Gasteiger partial charge >= 0.3 is 5.97 Å². The molecular weight excluding hydrogens is 514 g/mol. The molecule has 0 bridgehead atoms. The number of benzene rings is 1. The second-order valence-electron chi connectivity index (χ2n) is 8.56. The number of nitrogens with one attached hydrogen (secondary N) is 2. The van der Waals surface area contributed by atoms with Crippen molar-refractivity contribution >= 4 is 50.5 Å². The zero-order chi connectivity index (χ0) is 24.9. The molecule has 0 saturated heterocycles. The van der Waals surface area contributed by atoms with E-state index in [1.807, 2.05) is 30.7 Å². The number of halogens is 1. The fourth-order valence-electron chi connectivity index (χ4n) is 4.34. The molecule has 2 aromatic heterocycles. The van der Waals surface area contributed by atoms with Crippen molar-refractivity contribution in [2.45, 2.75) is 33.1 Å². The highest BCUT2D eigenvalue weighted by atomic mass is 79.9. The zero-order valence-electron chi connectivity index (χ0n) is 20.1. The summed E-state index contributed by atoms with van der Waals surface area (Å²) in [6.45, 7) is 4.94. The van der Waals surface area contributed by atoms with Gasteiger partial charge in [-0.2, -0.15) is 0 Å². The van der Waals surface area contributed by atoms with Crippen molar-refractivity contribution in [2.24, 2.45) is 23.9 Å². The van der Waals surface area contributed by atoms with Gasteiger partial charge in [-0.05, 0) is 40.9 Å². The van der Waals surface area contributed by atoms with Crippen LogP contribution in [0, 0.1) is 11.8 Å². The minimum atomic E-state index is -0.350. The highest BCUT2D eigenvalue weighted by Gasteiger charge is 2.35. The Labute approximate surface area is 212 Å². The third-order valence-corrected chi connectivity index (χ3v) is 7.15. The van der Waals surface area contributed by atoms with E-state index in [0.29, 0.717) is 38.3 Å². The molecule has 1 aromatic carbocycles. The van der Waals surface area contributed by atoms with Gasteiger partial charge in [0.15, 0.2) is 0 Å². The number of aromatic nitrogens is 4. The van der Waals surface area contributed by atoms with Gasteiger partial charge in [-0.1, -0.05) is 13.8 Å². The fraction of sp³-hybridized carbons (Fsp3) is 0.458. The van der Waals surface area contributed by atoms with Crippen LogP contribution in [0.1, 0.15) is 32.4 Å². The number of carbonyl (C=O) groups excluding carboxylic acids is 2. The summed E-state index contributed by atoms with van der Waals surface area (Å²) in [5, 5.41) is 3.31. The maximum absolute atomic E-state index is 13.8. The Kier molecular flexibility index (Phi) is 7.84. The van der Waals surface area contributed by atoms with Crippen LogP contribution >= 0.6 is 15.9 Å². The van der Waals surface area contributed by atoms with Gasteiger partial charge in [-0.3, -0.25) is 19.5 Å². The Morgan fingerprint density at radius 2 is 2.14 bits per heavy atom. The number of esters is 1. The molecule has 4 rings (SSSR count). The van der Waals surface area contributed by atoms with Crippen LogP contribution in [0.2, 0.25) is 0 Å². The summed E-state index contributed by atoms with van der Waals surface area (Å²) < 4.78 is 8.23. The molecule has 3 aromatic rings. The largest absolute Gasteiger partial charge is 0.465 e. The number of hydrogen-bond acceptors (Lipinski definition) is 7. The summed E-state index contributed by atoms with van der Waals surface area (Å²) in [5.74, 6) is -0.336. The normalized spacial score (nSPS) is 15.2. The maximum Gasteiger partial charge on any atom is 0.305 e. The molecule has 1 aliphatic rings. The van der Waals surface area contributed by atoms with Gasteiger partial charge in [0.2, 0.25) is 11.9 Å². The Hall–Kier alpha value is -3.21. The van der Waals surface area contributed by atoms with Gasteiger partial charge in [0.05, 0.1) is 41.5 Å². The fourth-order valence-corrected chi connectivity index (χ4v) is 4.89. The summed E-state index contributed by atoms with van der Waals surface area (Å²) in [4.78, 5) is 43.6. The molecule has 11 heteroatoms. The van der Waals surface area contributed by atoms with Gasteiger partial charge in [-0.15, -0.1) is 0 Å². The van der Waals surface area contributed by atoms with E-state index in [2.05, 4.69) is 41.2 Å². The van der Waals surface area contributed by atoms with E-state index in [-0.39, 0.29) is 30.3 Å². The van der Waals surface area contributed by atoms with Crippen molar-refractivity contribution in [1.29, 1.82) is 0 Å². The van der Waals surface area contributed by atoms with Gasteiger partial charge in [-0.25, -0.2) is 9.97 Å². The first-order chi connectivity index (χ1) is 16.9. The van der Waals surface area contributed by atoms with Crippen molar-refractivity contribution in [1.82, 2.24) is 24.4 Å². The van der Waals surface area contributed by atoms with Crippen LogP contribution in [-0.4, -0.2) is 62.0 Å². The van der Waals surface area contributed by atoms with Crippen molar-refractivity contribution in [3.8, 4) is 0 Å². The molecule has 186 valence electrons. The number of carbonyl (C=O) groups is 2. The molecule has 0 fully saturated rings. The molecule has 0 aliphatic carbocycles. The minimum Gasteiger partial charge on any atom is -0.465 e. The Morgan fingerprint density at radius 1 is 1.31 bits per heavy atom. The number of imidazole rings is 2. The number of anilines is 1. The molecule has 1 aliphatic heterocycles. The number of aryl methyl sites for hydroxylation is 1. The third-order valence-electron chi connectivity index (χ3n) is 6.34. The van der Waals surface area contributed by atoms with Crippen LogP contribution in [0.15, 0.2) is 40.4 Å². The Balaban J connectivity index is 1.54. The molecule has 2 atom stereocenters. The number of ether oxygens (including phenoxy) is 1.